The van der Waals surface area contributed by atoms with E-state index in [-0.39, 0.29) is 17.5 Å². The van der Waals surface area contributed by atoms with Gasteiger partial charge in [-0.25, -0.2) is 8.42 Å². The summed E-state index contributed by atoms with van der Waals surface area (Å²) in [7, 11) is -1.33. The molecule has 1 saturated heterocycles. The highest BCUT2D eigenvalue weighted by Crippen LogP contribution is 2.22. The Hall–Kier alpha value is -2.42. The molecule has 0 saturated carbocycles. The lowest BCUT2D eigenvalue weighted by molar-refractivity contribution is 0.410. The largest absolute Gasteiger partial charge is 0.496 e. The summed E-state index contributed by atoms with van der Waals surface area (Å²) in [5, 5.41) is 11.3. The molecule has 3 rings (SSSR count). The number of nitrogens with zero attached hydrogens (tertiary/aromatic N) is 4. The summed E-state index contributed by atoms with van der Waals surface area (Å²) in [6.45, 7) is 3.12. The molecule has 1 aromatic heterocycles. The van der Waals surface area contributed by atoms with E-state index in [1.165, 1.54) is 0 Å². The number of methoxy groups -OCH3 is 1. The minimum atomic E-state index is -2.97. The van der Waals surface area contributed by atoms with Crippen LogP contribution in [0.2, 0.25) is 0 Å². The van der Waals surface area contributed by atoms with Gasteiger partial charge < -0.3 is 15.0 Å². The molecule has 140 valence electrons. The zero-order chi connectivity index (χ0) is 18.6. The molecule has 1 atom stereocenters. The third-order valence-corrected chi connectivity index (χ3v) is 6.20. The van der Waals surface area contributed by atoms with E-state index >= 15 is 0 Å². The minimum Gasteiger partial charge on any atom is -0.496 e. The van der Waals surface area contributed by atoms with Crippen molar-refractivity contribution < 1.29 is 13.2 Å². The van der Waals surface area contributed by atoms with E-state index in [1.54, 1.807) is 13.3 Å². The quantitative estimate of drug-likeness (QED) is 0.775. The highest BCUT2D eigenvalue weighted by atomic mass is 32.2. The Morgan fingerprint density at radius 1 is 1.35 bits per heavy atom. The second kappa shape index (κ2) is 7.86. The molecule has 0 bridgehead atoms. The molecular weight excluding hydrogens is 354 g/mol. The average molecular weight is 377 g/mol. The van der Waals surface area contributed by atoms with Gasteiger partial charge in [0.05, 0.1) is 24.8 Å². The fourth-order valence-electron chi connectivity index (χ4n) is 3.12. The first kappa shape index (κ1) is 18.4. The Morgan fingerprint density at radius 2 is 2.15 bits per heavy atom. The monoisotopic (exact) mass is 377 g/mol. The number of hydrogen-bond acceptors (Lipinski definition) is 8. The van der Waals surface area contributed by atoms with Crippen LogP contribution in [0.1, 0.15) is 18.9 Å². The number of benzene rings is 1. The number of para-hydroxylation sites is 1. The molecule has 1 fully saturated rings. The van der Waals surface area contributed by atoms with Crippen molar-refractivity contribution in [3.05, 3.63) is 36.0 Å². The van der Waals surface area contributed by atoms with Crippen molar-refractivity contribution >= 4 is 21.6 Å². The van der Waals surface area contributed by atoms with Crippen LogP contribution in [0.3, 0.4) is 0 Å². The van der Waals surface area contributed by atoms with Gasteiger partial charge in [-0.2, -0.15) is 10.1 Å². The Kier molecular flexibility index (Phi) is 5.55. The number of nitrogens with one attached hydrogen (secondary N) is 1. The van der Waals surface area contributed by atoms with Crippen LogP contribution in [0.4, 0.5) is 11.8 Å². The van der Waals surface area contributed by atoms with Crippen LogP contribution in [0.5, 0.6) is 5.75 Å². The lowest BCUT2D eigenvalue weighted by Crippen LogP contribution is -2.37. The maximum absolute atomic E-state index is 11.8. The second-order valence-electron chi connectivity index (χ2n) is 6.15. The van der Waals surface area contributed by atoms with Crippen LogP contribution in [0.25, 0.3) is 0 Å². The third-order valence-electron chi connectivity index (χ3n) is 4.45. The zero-order valence-corrected chi connectivity index (χ0v) is 15.7. The van der Waals surface area contributed by atoms with Gasteiger partial charge in [-0.05, 0) is 19.4 Å². The number of hydrogen-bond donors (Lipinski definition) is 1. The van der Waals surface area contributed by atoms with Gasteiger partial charge in [0.1, 0.15) is 5.75 Å². The van der Waals surface area contributed by atoms with Crippen molar-refractivity contribution in [2.24, 2.45) is 0 Å². The first-order chi connectivity index (χ1) is 12.5. The van der Waals surface area contributed by atoms with Crippen LogP contribution in [-0.4, -0.2) is 54.8 Å². The van der Waals surface area contributed by atoms with Crippen molar-refractivity contribution in [3.63, 3.8) is 0 Å². The summed E-state index contributed by atoms with van der Waals surface area (Å²) in [4.78, 5) is 6.42. The van der Waals surface area contributed by atoms with Gasteiger partial charge in [-0.15, -0.1) is 5.10 Å². The Labute approximate surface area is 153 Å². The van der Waals surface area contributed by atoms with E-state index in [0.29, 0.717) is 31.3 Å². The maximum atomic E-state index is 11.8. The SMILES string of the molecule is CCN(c1nncc(NCc2ccccc2OC)n1)C1CCS(=O)(=O)C1. The molecule has 8 nitrogen and oxygen atoms in total. The zero-order valence-electron chi connectivity index (χ0n) is 14.9. The lowest BCUT2D eigenvalue weighted by atomic mass is 10.2. The summed E-state index contributed by atoms with van der Waals surface area (Å²) in [6, 6.07) is 7.64. The molecule has 0 radical (unpaired) electrons. The van der Waals surface area contributed by atoms with Crippen LogP contribution in [-0.2, 0) is 16.4 Å². The van der Waals surface area contributed by atoms with E-state index in [0.717, 1.165) is 11.3 Å². The number of rotatable bonds is 7. The normalized spacial score (nSPS) is 18.5. The summed E-state index contributed by atoms with van der Waals surface area (Å²) in [5.74, 6) is 2.18. The van der Waals surface area contributed by atoms with Gasteiger partial charge in [-0.1, -0.05) is 18.2 Å². The minimum absolute atomic E-state index is 0.101. The van der Waals surface area contributed by atoms with E-state index in [9.17, 15) is 8.42 Å². The van der Waals surface area contributed by atoms with Crippen molar-refractivity contribution in [2.75, 3.05) is 35.4 Å². The fourth-order valence-corrected chi connectivity index (χ4v) is 4.85. The van der Waals surface area contributed by atoms with Crippen molar-refractivity contribution in [3.8, 4) is 5.75 Å². The van der Waals surface area contributed by atoms with Gasteiger partial charge in [0.15, 0.2) is 15.7 Å². The smallest absolute Gasteiger partial charge is 0.247 e. The third kappa shape index (κ3) is 4.21. The number of aromatic nitrogens is 3. The molecule has 1 aliphatic rings. The van der Waals surface area contributed by atoms with Crippen molar-refractivity contribution in [1.82, 2.24) is 15.2 Å². The first-order valence-electron chi connectivity index (χ1n) is 8.55. The average Bonchev–Trinajstić information content (AvgIpc) is 3.01. The number of sulfone groups is 1. The van der Waals surface area contributed by atoms with Gasteiger partial charge in [0.2, 0.25) is 5.95 Å². The highest BCUT2D eigenvalue weighted by molar-refractivity contribution is 7.91. The number of ether oxygens (including phenoxy) is 1. The molecule has 0 spiro atoms. The molecule has 9 heteroatoms. The molecule has 0 aliphatic carbocycles. The summed E-state index contributed by atoms with van der Waals surface area (Å²) >= 11 is 0. The Balaban J connectivity index is 1.73. The standard InChI is InChI=1S/C17H23N5O3S/c1-3-22(14-8-9-26(23,24)12-14)17-20-16(11-19-21-17)18-10-13-6-4-5-7-15(13)25-2/h4-7,11,14H,3,8-10,12H2,1-2H3,(H,18,20,21). The molecule has 26 heavy (non-hydrogen) atoms. The van der Waals surface area contributed by atoms with Gasteiger partial charge in [0.25, 0.3) is 0 Å². The molecule has 1 N–H and O–H groups in total. The second-order valence-corrected chi connectivity index (χ2v) is 8.38. The van der Waals surface area contributed by atoms with Gasteiger partial charge in [-0.3, -0.25) is 0 Å². The van der Waals surface area contributed by atoms with Gasteiger partial charge >= 0.3 is 0 Å². The molecule has 0 amide bonds. The lowest BCUT2D eigenvalue weighted by Gasteiger charge is -2.26. The predicted molar refractivity (Wildman–Crippen MR) is 100 cm³/mol. The van der Waals surface area contributed by atoms with E-state index in [1.807, 2.05) is 36.1 Å². The van der Waals surface area contributed by atoms with Crippen LogP contribution in [0.15, 0.2) is 30.5 Å². The van der Waals surface area contributed by atoms with Crippen LogP contribution >= 0.6 is 0 Å². The first-order valence-corrected chi connectivity index (χ1v) is 10.4. The van der Waals surface area contributed by atoms with Crippen molar-refractivity contribution in [2.45, 2.75) is 25.9 Å². The summed E-state index contributed by atoms with van der Waals surface area (Å²) < 4.78 is 28.9. The molecule has 1 unspecified atom stereocenters. The van der Waals surface area contributed by atoms with Gasteiger partial charge in [0, 0.05) is 24.7 Å². The molecule has 2 heterocycles. The number of anilines is 2. The van der Waals surface area contributed by atoms with E-state index in [4.69, 9.17) is 4.74 Å². The Bertz CT molecular complexity index is 859. The molecule has 1 aromatic carbocycles. The fraction of sp³-hybridized carbons (Fsp3) is 0.471. The van der Waals surface area contributed by atoms with Crippen molar-refractivity contribution in [1.29, 1.82) is 0 Å². The molecular formula is C17H23N5O3S. The predicted octanol–water partition coefficient (Wildman–Crippen LogP) is 1.51. The van der Waals surface area contributed by atoms with E-state index < -0.39 is 9.84 Å². The maximum Gasteiger partial charge on any atom is 0.247 e. The summed E-state index contributed by atoms with van der Waals surface area (Å²) in [6.07, 6.45) is 2.15. The molecule has 2 aromatic rings. The highest BCUT2D eigenvalue weighted by Gasteiger charge is 2.33. The van der Waals surface area contributed by atoms with Crippen LogP contribution < -0.4 is 15.0 Å². The van der Waals surface area contributed by atoms with E-state index in [2.05, 4.69) is 20.5 Å². The topological polar surface area (TPSA) is 97.3 Å². The molecule has 1 aliphatic heterocycles. The van der Waals surface area contributed by atoms with Crippen LogP contribution in [0, 0.1) is 0 Å². The summed E-state index contributed by atoms with van der Waals surface area (Å²) in [5.41, 5.74) is 1.00. The Morgan fingerprint density at radius 3 is 2.85 bits per heavy atom.